The van der Waals surface area contributed by atoms with Gasteiger partial charge in [0.05, 0.1) is 49.0 Å². The zero-order valence-corrected chi connectivity index (χ0v) is 43.1. The first-order valence-corrected chi connectivity index (χ1v) is 25.1. The van der Waals surface area contributed by atoms with Crippen LogP contribution < -0.4 is 31.9 Å². The van der Waals surface area contributed by atoms with Crippen LogP contribution in [0.2, 0.25) is 0 Å². The zero-order valence-electron chi connectivity index (χ0n) is 39.9. The molecule has 74 heavy (non-hydrogen) atoms. The number of hydrogen-bond acceptors (Lipinski definition) is 10. The fourth-order valence-corrected chi connectivity index (χ4v) is 13.6. The van der Waals surface area contributed by atoms with Crippen molar-refractivity contribution < 1.29 is 81.5 Å². The van der Waals surface area contributed by atoms with Crippen LogP contribution in [-0.4, -0.2) is 97.2 Å². The molecule has 0 radical (unpaired) electrons. The fourth-order valence-electron chi connectivity index (χ4n) is 9.20. The van der Waals surface area contributed by atoms with Gasteiger partial charge in [-0.15, -0.1) is 45.3 Å². The van der Waals surface area contributed by atoms with Crippen molar-refractivity contribution in [1.82, 2.24) is 31.9 Å². The first-order valence-electron chi connectivity index (χ1n) is 21.9. The topological polar surface area (TPSA) is 175 Å². The lowest BCUT2D eigenvalue weighted by molar-refractivity contribution is -0.254. The molecule has 0 atom stereocenters. The van der Waals surface area contributed by atoms with Crippen molar-refractivity contribution in [3.8, 4) is 0 Å². The predicted molar refractivity (Wildman–Crippen MR) is 253 cm³/mol. The lowest BCUT2D eigenvalue weighted by Gasteiger charge is -2.26. The van der Waals surface area contributed by atoms with Crippen LogP contribution in [0.25, 0.3) is 22.3 Å². The van der Waals surface area contributed by atoms with Gasteiger partial charge in [-0.3, -0.25) is 28.8 Å². The highest BCUT2D eigenvalue weighted by atomic mass is 32.1. The Morgan fingerprint density at radius 3 is 0.838 bits per heavy atom. The Kier molecular flexibility index (Phi) is 14.5. The van der Waals surface area contributed by atoms with E-state index in [0.29, 0.717) is 45.3 Å². The largest absolute Gasteiger partial charge is 0.380 e. The van der Waals surface area contributed by atoms with Crippen molar-refractivity contribution in [2.24, 2.45) is 0 Å². The van der Waals surface area contributed by atoms with Crippen molar-refractivity contribution in [3.63, 3.8) is 0 Å². The van der Waals surface area contributed by atoms with Crippen molar-refractivity contribution in [2.75, 3.05) is 26.2 Å². The van der Waals surface area contributed by atoms with E-state index in [0.717, 1.165) is 27.7 Å². The highest BCUT2D eigenvalue weighted by molar-refractivity contribution is 7.15. The van der Waals surface area contributed by atoms with E-state index in [-0.39, 0.29) is 40.4 Å². The smallest absolute Gasteiger partial charge is 0.350 e. The fraction of sp³-hybridized carbons (Fsp3) is 0.435. The van der Waals surface area contributed by atoms with Gasteiger partial charge in [-0.1, -0.05) is 0 Å². The molecule has 2 aliphatic carbocycles. The Balaban J connectivity index is 1.25. The summed E-state index contributed by atoms with van der Waals surface area (Å²) in [5, 5.41) is 13.5. The Morgan fingerprint density at radius 1 is 0.324 bits per heavy atom. The molecule has 7 rings (SSSR count). The van der Waals surface area contributed by atoms with E-state index in [4.69, 9.17) is 0 Å². The second kappa shape index (κ2) is 19.1. The van der Waals surface area contributed by atoms with Crippen molar-refractivity contribution in [2.45, 2.75) is 104 Å². The molecule has 400 valence electrons. The summed E-state index contributed by atoms with van der Waals surface area (Å²) in [6.45, 7) is 4.82. The van der Waals surface area contributed by atoms with Gasteiger partial charge in [0.2, 0.25) is 23.6 Å². The summed E-state index contributed by atoms with van der Waals surface area (Å²) >= 11 is 2.37. The van der Waals surface area contributed by atoms with Crippen LogP contribution in [0, 0.1) is 55.4 Å². The third kappa shape index (κ3) is 8.68. The van der Waals surface area contributed by atoms with Crippen LogP contribution in [0.15, 0.2) is 0 Å². The summed E-state index contributed by atoms with van der Waals surface area (Å²) in [5.41, 5.74) is -11.0. The molecule has 4 aromatic rings. The molecule has 3 aliphatic rings. The SMILES string of the molecule is Cc1sc2c(C)c1C1=C(c3c(C)sc(c3C)C(=O)NCC(=O)NCC(=O)NCc3sc(C)c(c3C)C3=C(c4c(C)sc(c4C)C(=O)NCC(=O)NCC(=O)NC2)C(F)(F)C(F)(F)C3(F)F)C(F)(F)C(F)(F)C1(F)F. The number of aryl methyl sites for hydroxylation is 4. The second-order valence-corrected chi connectivity index (χ2v) is 22.6. The summed E-state index contributed by atoms with van der Waals surface area (Å²) in [6, 6.07) is 0. The van der Waals surface area contributed by atoms with E-state index in [2.05, 4.69) is 31.9 Å². The number of nitrogens with one attached hydrogen (secondary N) is 6. The molecule has 1 aliphatic heterocycles. The number of halogens is 12. The zero-order chi connectivity index (χ0) is 55.3. The van der Waals surface area contributed by atoms with Crippen molar-refractivity contribution >= 4 is 103 Å². The molecule has 28 heteroatoms. The van der Waals surface area contributed by atoms with Gasteiger partial charge >= 0.3 is 35.5 Å². The van der Waals surface area contributed by atoms with Gasteiger partial charge in [0, 0.05) is 73.8 Å². The van der Waals surface area contributed by atoms with Gasteiger partial charge in [0.1, 0.15) is 0 Å². The lowest BCUT2D eigenvalue weighted by Crippen LogP contribution is -2.49. The maximum absolute atomic E-state index is 16.0. The quantitative estimate of drug-likeness (QED) is 0.0962. The number of thiophene rings is 4. The van der Waals surface area contributed by atoms with Crippen molar-refractivity contribution in [1.29, 1.82) is 0 Å². The summed E-state index contributed by atoms with van der Waals surface area (Å²) in [4.78, 5) is 76.6. The van der Waals surface area contributed by atoms with Gasteiger partial charge in [0.25, 0.3) is 11.8 Å². The number of amides is 6. The molecule has 6 amide bonds. The molecule has 0 unspecified atom stereocenters. The Hall–Kier alpha value is -5.74. The molecule has 4 aromatic heterocycles. The first kappa shape index (κ1) is 56.0. The van der Waals surface area contributed by atoms with Crippen LogP contribution in [0.5, 0.6) is 0 Å². The maximum Gasteiger partial charge on any atom is 0.380 e. The summed E-state index contributed by atoms with van der Waals surface area (Å²) in [5.74, 6) is -40.1. The Labute approximate surface area is 428 Å². The molecular formula is C46H42F12N6O6S4. The van der Waals surface area contributed by atoms with Gasteiger partial charge in [0.15, 0.2) is 0 Å². The summed E-state index contributed by atoms with van der Waals surface area (Å²) < 4.78 is 190. The van der Waals surface area contributed by atoms with E-state index < -0.39 is 176 Å². The molecule has 0 spiro atoms. The van der Waals surface area contributed by atoms with Crippen LogP contribution in [0.4, 0.5) is 52.7 Å². The average molecular weight is 1130 g/mol. The van der Waals surface area contributed by atoms with Gasteiger partial charge in [-0.05, 0) is 77.6 Å². The van der Waals surface area contributed by atoms with E-state index in [9.17, 15) is 28.8 Å². The van der Waals surface area contributed by atoms with Crippen LogP contribution >= 0.6 is 45.3 Å². The lowest BCUT2D eigenvalue weighted by atomic mass is 9.90. The Morgan fingerprint density at radius 2 is 0.554 bits per heavy atom. The number of rotatable bonds is 0. The van der Waals surface area contributed by atoms with E-state index >= 15 is 52.7 Å². The first-order chi connectivity index (χ1) is 34.1. The number of carbonyl (C=O) groups excluding carboxylic acids is 6. The van der Waals surface area contributed by atoms with Crippen molar-refractivity contribution in [3.05, 3.63) is 83.5 Å². The predicted octanol–water partition coefficient (Wildman–Crippen LogP) is 8.70. The van der Waals surface area contributed by atoms with Crippen LogP contribution in [0.3, 0.4) is 0 Å². The van der Waals surface area contributed by atoms with E-state index in [1.807, 2.05) is 0 Å². The number of alkyl halides is 12. The van der Waals surface area contributed by atoms with Gasteiger partial charge in [-0.2, -0.15) is 52.7 Å². The van der Waals surface area contributed by atoms with E-state index in [1.54, 1.807) is 0 Å². The third-order valence-electron chi connectivity index (χ3n) is 12.8. The number of carbonyl (C=O) groups is 6. The monoisotopic (exact) mass is 1130 g/mol. The summed E-state index contributed by atoms with van der Waals surface area (Å²) in [7, 11) is 0. The van der Waals surface area contributed by atoms with Gasteiger partial charge < -0.3 is 31.9 Å². The molecule has 0 saturated carbocycles. The molecular weight excluding hydrogens is 1090 g/mol. The number of allylic oxidation sites excluding steroid dienone is 4. The third-order valence-corrected chi connectivity index (χ3v) is 17.7. The molecule has 0 aromatic carbocycles. The normalized spacial score (nSPS) is 21.2. The molecule has 8 bridgehead atoms. The minimum absolute atomic E-state index is 0.0504. The molecule has 0 fully saturated rings. The number of fused-ring (bicyclic) bond motifs is 12. The molecule has 0 saturated heterocycles. The van der Waals surface area contributed by atoms with Crippen LogP contribution in [-0.2, 0) is 32.3 Å². The summed E-state index contributed by atoms with van der Waals surface area (Å²) in [6.07, 6.45) is 0. The minimum atomic E-state index is -5.98. The molecule has 6 N–H and O–H groups in total. The van der Waals surface area contributed by atoms with Gasteiger partial charge in [-0.25, -0.2) is 0 Å². The highest BCUT2D eigenvalue weighted by Gasteiger charge is 2.82. The van der Waals surface area contributed by atoms with E-state index in [1.165, 1.54) is 27.7 Å². The standard InChI is InChI=1S/C46H42F12N6O6S4/c1-15-23-9-59-25(65)11-61-27(67)13-64-40(70)38-18(4)32(22(8)74-38)36-34(42(49,50)46(57,58)44(36,53)54)30-16(2)24(72-20(30)6)10-60-26(66)12-62-28(68)14-63-39(69)37-17(3)31(21(7)73-37)35-33(29(15)19(5)71-23)41(47,48)45(55,56)43(35,51)52/h9-14H2,1-8H3,(H,59,65)(H,60,66)(H,61,67)(H,62,68)(H,63,69)(H,64,70). The molecule has 12 nitrogen and oxygen atoms in total. The highest BCUT2D eigenvalue weighted by Crippen LogP contribution is 2.68. The molecule has 5 heterocycles. The number of hydrogen-bond donors (Lipinski definition) is 6. The average Bonchev–Trinajstić information content (AvgIpc) is 4.01. The second-order valence-electron chi connectivity index (χ2n) is 17.6. The van der Waals surface area contributed by atoms with Crippen LogP contribution in [0.1, 0.15) is 93.1 Å². The maximum atomic E-state index is 16.0. The minimum Gasteiger partial charge on any atom is -0.350 e. The Bertz CT molecular complexity index is 2960.